The molecule has 0 bridgehead atoms. The molecule has 216 valence electrons. The van der Waals surface area contributed by atoms with Crippen LogP contribution in [0.1, 0.15) is 108 Å². The van der Waals surface area contributed by atoms with Crippen molar-refractivity contribution in [2.45, 2.75) is 141 Å². The van der Waals surface area contributed by atoms with Crippen LogP contribution in [0.3, 0.4) is 0 Å². The molecule has 0 radical (unpaired) electrons. The summed E-state index contributed by atoms with van der Waals surface area (Å²) in [5.41, 5.74) is -2.16. The Morgan fingerprint density at radius 2 is 0.892 bits per heavy atom. The fourth-order valence-corrected chi connectivity index (χ4v) is 7.67. The number of rotatable bonds is 4. The Hall–Kier alpha value is -0.320. The van der Waals surface area contributed by atoms with Gasteiger partial charge in [0.25, 0.3) is 0 Å². The van der Waals surface area contributed by atoms with Gasteiger partial charge in [-0.25, -0.2) is 0 Å². The van der Waals surface area contributed by atoms with Gasteiger partial charge in [-0.1, -0.05) is 41.5 Å². The Morgan fingerprint density at radius 1 is 0.595 bits per heavy atom. The van der Waals surface area contributed by atoms with E-state index in [1.165, 1.54) is 0 Å². The fourth-order valence-electron chi connectivity index (χ4n) is 7.67. The summed E-state index contributed by atoms with van der Waals surface area (Å²) in [5.74, 6) is -1.56. The van der Waals surface area contributed by atoms with Gasteiger partial charge in [0.15, 0.2) is 11.6 Å². The Balaban J connectivity index is 1.53. The summed E-state index contributed by atoms with van der Waals surface area (Å²) in [6.45, 7) is 23.2. The summed E-state index contributed by atoms with van der Waals surface area (Å²) in [6.07, 6.45) is 4.40. The molecule has 8 nitrogen and oxygen atoms in total. The summed E-state index contributed by atoms with van der Waals surface area (Å²) < 4.78 is 26.9. The Kier molecular flexibility index (Phi) is 7.51. The summed E-state index contributed by atoms with van der Waals surface area (Å²) in [5, 5.41) is 25.6. The van der Waals surface area contributed by atoms with E-state index in [4.69, 9.17) is 18.9 Å². The molecule has 4 fully saturated rings. The predicted octanol–water partition coefficient (Wildman–Crippen LogP) is 5.60. The van der Waals surface area contributed by atoms with Gasteiger partial charge in [-0.05, 0) is 53.4 Å². The normalized spacial score (nSPS) is 53.8. The van der Waals surface area contributed by atoms with Crippen LogP contribution in [0.2, 0.25) is 0 Å². The van der Waals surface area contributed by atoms with E-state index in [1.54, 1.807) is 10.1 Å². The number of piperidine rings is 2. The minimum atomic E-state index is -0.758. The van der Waals surface area contributed by atoms with E-state index in [0.29, 0.717) is 39.3 Å². The molecule has 0 amide bonds. The third-order valence-electron chi connectivity index (χ3n) is 11.9. The standard InChI is InChI=1S/C29H54N2O6/c1-11-23(7)15-28(21(5)25(9,13-3)30(23)32)34-17-27(18-35-28)19-36-29(37-20-27)16-24(8,12-2)31(33)26(10,14-4)22(29)6/h21-22,32-33H,11-20H2,1-10H3. The van der Waals surface area contributed by atoms with E-state index >= 15 is 0 Å². The molecule has 0 saturated carbocycles. The summed E-state index contributed by atoms with van der Waals surface area (Å²) in [4.78, 5) is 0. The van der Waals surface area contributed by atoms with Crippen molar-refractivity contribution in [2.24, 2.45) is 17.3 Å². The molecule has 3 spiro atoms. The van der Waals surface area contributed by atoms with E-state index in [1.807, 2.05) is 0 Å². The van der Waals surface area contributed by atoms with Crippen LogP contribution >= 0.6 is 0 Å². The first-order valence-corrected chi connectivity index (χ1v) is 14.6. The molecule has 4 aliphatic rings. The maximum absolute atomic E-state index is 11.2. The van der Waals surface area contributed by atoms with Crippen molar-refractivity contribution in [1.82, 2.24) is 10.1 Å². The maximum Gasteiger partial charge on any atom is 0.174 e. The van der Waals surface area contributed by atoms with E-state index < -0.39 is 33.7 Å². The highest BCUT2D eigenvalue weighted by molar-refractivity contribution is 5.11. The fraction of sp³-hybridized carbons (Fsp3) is 1.00. The minimum absolute atomic E-state index is 0.0202. The highest BCUT2D eigenvalue weighted by Crippen LogP contribution is 2.56. The highest BCUT2D eigenvalue weighted by atomic mass is 16.7. The van der Waals surface area contributed by atoms with E-state index in [2.05, 4.69) is 69.2 Å². The summed E-state index contributed by atoms with van der Waals surface area (Å²) in [7, 11) is 0. The largest absolute Gasteiger partial charge is 0.349 e. The highest BCUT2D eigenvalue weighted by Gasteiger charge is 2.66. The maximum atomic E-state index is 11.2. The van der Waals surface area contributed by atoms with Crippen molar-refractivity contribution >= 4 is 0 Å². The van der Waals surface area contributed by atoms with Crippen molar-refractivity contribution in [3.05, 3.63) is 0 Å². The first-order valence-electron chi connectivity index (χ1n) is 14.6. The van der Waals surface area contributed by atoms with E-state index in [-0.39, 0.29) is 17.3 Å². The SMILES string of the molecule is CCC1(C)CC2(OCC3(CO2)COC2(CC(C)(CC)N(O)C(C)(CC)C2C)OC3)C(C)C(C)(CC)N1O. The molecular weight excluding hydrogens is 472 g/mol. The first-order chi connectivity index (χ1) is 17.1. The topological polar surface area (TPSA) is 83.9 Å². The van der Waals surface area contributed by atoms with Crippen molar-refractivity contribution in [1.29, 1.82) is 0 Å². The Morgan fingerprint density at radius 3 is 1.14 bits per heavy atom. The molecule has 0 aliphatic carbocycles. The van der Waals surface area contributed by atoms with Crippen molar-refractivity contribution in [3.8, 4) is 0 Å². The molecule has 8 heteroatoms. The van der Waals surface area contributed by atoms with Crippen LogP contribution in [0.5, 0.6) is 0 Å². The Labute approximate surface area is 224 Å². The number of nitrogens with zero attached hydrogens (tertiary/aromatic N) is 2. The lowest BCUT2D eigenvalue weighted by molar-refractivity contribution is -0.437. The van der Waals surface area contributed by atoms with Crippen molar-refractivity contribution in [3.63, 3.8) is 0 Å². The quantitative estimate of drug-likeness (QED) is 0.490. The molecule has 4 aliphatic heterocycles. The number of hydrogen-bond acceptors (Lipinski definition) is 8. The lowest BCUT2D eigenvalue weighted by Gasteiger charge is -2.65. The molecule has 0 aromatic heterocycles. The zero-order valence-corrected chi connectivity index (χ0v) is 25.1. The third-order valence-corrected chi connectivity index (χ3v) is 11.9. The van der Waals surface area contributed by atoms with Gasteiger partial charge in [0.05, 0.1) is 42.9 Å². The van der Waals surface area contributed by atoms with Crippen LogP contribution in [-0.2, 0) is 18.9 Å². The summed E-state index contributed by atoms with van der Waals surface area (Å²) in [6, 6.07) is 0. The van der Waals surface area contributed by atoms with Gasteiger partial charge < -0.3 is 29.4 Å². The van der Waals surface area contributed by atoms with Gasteiger partial charge in [-0.2, -0.15) is 10.1 Å². The van der Waals surface area contributed by atoms with Crippen LogP contribution in [0.4, 0.5) is 0 Å². The van der Waals surface area contributed by atoms with Crippen LogP contribution in [0.15, 0.2) is 0 Å². The van der Waals surface area contributed by atoms with Gasteiger partial charge in [0, 0.05) is 35.8 Å². The average Bonchev–Trinajstić information content (AvgIpc) is 2.92. The monoisotopic (exact) mass is 526 g/mol. The number of hydroxylamine groups is 4. The zero-order valence-electron chi connectivity index (χ0n) is 25.1. The second kappa shape index (κ2) is 9.37. The molecular formula is C29H54N2O6. The molecule has 2 N–H and O–H groups in total. The zero-order chi connectivity index (χ0) is 27.7. The Bertz CT molecular complexity index is 769. The smallest absolute Gasteiger partial charge is 0.174 e. The molecule has 4 heterocycles. The van der Waals surface area contributed by atoms with Crippen LogP contribution < -0.4 is 0 Å². The van der Waals surface area contributed by atoms with Crippen LogP contribution in [0.25, 0.3) is 0 Å². The lowest BCUT2D eigenvalue weighted by atomic mass is 9.66. The molecule has 6 atom stereocenters. The predicted molar refractivity (Wildman–Crippen MR) is 141 cm³/mol. The third kappa shape index (κ3) is 4.07. The van der Waals surface area contributed by atoms with Gasteiger partial charge >= 0.3 is 0 Å². The molecule has 0 aromatic carbocycles. The number of hydrogen-bond donors (Lipinski definition) is 2. The van der Waals surface area contributed by atoms with Gasteiger partial charge in [-0.3, -0.25) is 0 Å². The van der Waals surface area contributed by atoms with Crippen molar-refractivity contribution < 1.29 is 29.4 Å². The van der Waals surface area contributed by atoms with Gasteiger partial charge in [-0.15, -0.1) is 0 Å². The minimum Gasteiger partial charge on any atom is -0.349 e. The van der Waals surface area contributed by atoms with E-state index in [9.17, 15) is 10.4 Å². The number of ether oxygens (including phenoxy) is 4. The average molecular weight is 527 g/mol. The van der Waals surface area contributed by atoms with Crippen LogP contribution in [-0.4, -0.2) is 80.7 Å². The first kappa shape index (κ1) is 29.7. The second-order valence-electron chi connectivity index (χ2n) is 13.8. The van der Waals surface area contributed by atoms with E-state index in [0.717, 1.165) is 25.7 Å². The molecule has 37 heavy (non-hydrogen) atoms. The molecule has 0 aromatic rings. The molecule has 4 saturated heterocycles. The van der Waals surface area contributed by atoms with Crippen LogP contribution in [0, 0.1) is 17.3 Å². The summed E-state index contributed by atoms with van der Waals surface area (Å²) >= 11 is 0. The van der Waals surface area contributed by atoms with Crippen molar-refractivity contribution in [2.75, 3.05) is 26.4 Å². The van der Waals surface area contributed by atoms with Gasteiger partial charge in [0.1, 0.15) is 0 Å². The molecule has 6 unspecified atom stereocenters. The van der Waals surface area contributed by atoms with Gasteiger partial charge in [0.2, 0.25) is 0 Å². The second-order valence-corrected chi connectivity index (χ2v) is 13.8. The molecule has 4 rings (SSSR count). The lowest BCUT2D eigenvalue weighted by Crippen LogP contribution is -2.75.